The van der Waals surface area contributed by atoms with Gasteiger partial charge in [0, 0.05) is 36.4 Å². The van der Waals surface area contributed by atoms with E-state index in [2.05, 4.69) is 5.32 Å². The summed E-state index contributed by atoms with van der Waals surface area (Å²) in [6.07, 6.45) is 3.63. The molecule has 2 amide bonds. The molecule has 0 radical (unpaired) electrons. The van der Waals surface area contributed by atoms with Crippen molar-refractivity contribution in [2.45, 2.75) is 50.0 Å². The lowest BCUT2D eigenvalue weighted by molar-refractivity contribution is -0.121. The van der Waals surface area contributed by atoms with Crippen LogP contribution in [0, 0.1) is 17.7 Å². The van der Waals surface area contributed by atoms with E-state index in [0.29, 0.717) is 31.5 Å². The first-order valence-electron chi connectivity index (χ1n) is 11.8. The van der Waals surface area contributed by atoms with Gasteiger partial charge in [-0.2, -0.15) is 4.31 Å². The molecule has 2 aliphatic heterocycles. The van der Waals surface area contributed by atoms with E-state index in [1.54, 1.807) is 18.2 Å². The van der Waals surface area contributed by atoms with Crippen molar-refractivity contribution in [2.75, 3.05) is 23.3 Å². The van der Waals surface area contributed by atoms with Crippen LogP contribution in [0.15, 0.2) is 47.4 Å². The zero-order chi connectivity index (χ0) is 24.0. The number of anilines is 2. The smallest absolute Gasteiger partial charge is 0.243 e. The average molecular weight is 486 g/mol. The Kier molecular flexibility index (Phi) is 5.93. The molecule has 5 rings (SSSR count). The Labute approximate surface area is 199 Å². The zero-order valence-corrected chi connectivity index (χ0v) is 19.9. The van der Waals surface area contributed by atoms with E-state index < -0.39 is 21.8 Å². The number of carbonyl (C=O) groups excluding carboxylic acids is 2. The number of carbonyl (C=O) groups is 2. The third-order valence-electron chi connectivity index (χ3n) is 6.94. The summed E-state index contributed by atoms with van der Waals surface area (Å²) in [5.74, 6) is -0.925. The van der Waals surface area contributed by atoms with Crippen LogP contribution in [0.25, 0.3) is 0 Å². The van der Waals surface area contributed by atoms with Gasteiger partial charge in [-0.3, -0.25) is 9.59 Å². The van der Waals surface area contributed by atoms with Gasteiger partial charge in [-0.05, 0) is 87.1 Å². The Hall–Kier alpha value is -2.78. The minimum atomic E-state index is -3.79. The molecular formula is C25H28FN3O4S. The minimum Gasteiger partial charge on any atom is -0.326 e. The number of rotatable bonds is 5. The molecule has 1 saturated carbocycles. The number of amides is 2. The lowest BCUT2D eigenvalue weighted by atomic mass is 9.99. The van der Waals surface area contributed by atoms with E-state index in [1.807, 2.05) is 11.8 Å². The maximum absolute atomic E-state index is 13.4. The summed E-state index contributed by atoms with van der Waals surface area (Å²) in [5, 5.41) is 2.75. The Morgan fingerprint density at radius 3 is 2.47 bits per heavy atom. The minimum absolute atomic E-state index is 0.00979. The molecule has 2 aromatic carbocycles. The molecule has 2 atom stereocenters. The van der Waals surface area contributed by atoms with Crippen molar-refractivity contribution in [1.82, 2.24) is 4.31 Å². The number of benzene rings is 2. The second kappa shape index (κ2) is 8.78. The van der Waals surface area contributed by atoms with Crippen LogP contribution in [0.1, 0.15) is 38.2 Å². The molecule has 2 heterocycles. The van der Waals surface area contributed by atoms with Gasteiger partial charge in [0.1, 0.15) is 5.82 Å². The molecule has 0 aromatic heterocycles. The maximum Gasteiger partial charge on any atom is 0.243 e. The molecule has 34 heavy (non-hydrogen) atoms. The fourth-order valence-corrected chi connectivity index (χ4v) is 6.51. The van der Waals surface area contributed by atoms with Crippen molar-refractivity contribution in [3.63, 3.8) is 0 Å². The monoisotopic (exact) mass is 485 g/mol. The van der Waals surface area contributed by atoms with E-state index >= 15 is 0 Å². The zero-order valence-electron chi connectivity index (χ0n) is 19.0. The lowest BCUT2D eigenvalue weighted by Crippen LogP contribution is -2.43. The molecule has 0 bridgehead atoms. The molecule has 2 fully saturated rings. The third kappa shape index (κ3) is 4.34. The fraction of sp³-hybridized carbons (Fsp3) is 0.440. The van der Waals surface area contributed by atoms with Gasteiger partial charge in [0.15, 0.2) is 0 Å². The van der Waals surface area contributed by atoms with Crippen LogP contribution in [-0.4, -0.2) is 43.7 Å². The first-order valence-corrected chi connectivity index (χ1v) is 13.2. The lowest BCUT2D eigenvalue weighted by Gasteiger charge is -2.31. The van der Waals surface area contributed by atoms with Gasteiger partial charge in [0.05, 0.1) is 10.8 Å². The Bertz CT molecular complexity index is 1230. The largest absolute Gasteiger partial charge is 0.326 e. The van der Waals surface area contributed by atoms with Crippen LogP contribution >= 0.6 is 0 Å². The van der Waals surface area contributed by atoms with Crippen LogP contribution in [0.4, 0.5) is 15.8 Å². The predicted octanol–water partition coefficient (Wildman–Crippen LogP) is 3.55. The van der Waals surface area contributed by atoms with Crippen LogP contribution in [0.2, 0.25) is 0 Å². The summed E-state index contributed by atoms with van der Waals surface area (Å²) in [7, 11) is -3.79. The number of sulfonamides is 1. The highest BCUT2D eigenvalue weighted by molar-refractivity contribution is 7.89. The number of hydrogen-bond acceptors (Lipinski definition) is 4. The Morgan fingerprint density at radius 1 is 1.03 bits per heavy atom. The molecule has 9 heteroatoms. The van der Waals surface area contributed by atoms with Gasteiger partial charge in [0.25, 0.3) is 0 Å². The normalized spacial score (nSPS) is 22.9. The van der Waals surface area contributed by atoms with E-state index in [0.717, 1.165) is 24.1 Å². The quantitative estimate of drug-likeness (QED) is 0.702. The molecule has 1 aliphatic carbocycles. The molecular weight excluding hydrogens is 457 g/mol. The topological polar surface area (TPSA) is 86.8 Å². The van der Waals surface area contributed by atoms with E-state index in [4.69, 9.17) is 0 Å². The van der Waals surface area contributed by atoms with Crippen molar-refractivity contribution in [3.8, 4) is 0 Å². The maximum atomic E-state index is 13.4. The first kappa shape index (κ1) is 23.0. The molecule has 2 aromatic rings. The molecule has 1 saturated heterocycles. The van der Waals surface area contributed by atoms with Crippen LogP contribution in [0.5, 0.6) is 0 Å². The highest BCUT2D eigenvalue weighted by atomic mass is 32.2. The fourth-order valence-electron chi connectivity index (χ4n) is 4.93. The van der Waals surface area contributed by atoms with E-state index in [9.17, 15) is 22.4 Å². The average Bonchev–Trinajstić information content (AvgIpc) is 3.62. The summed E-state index contributed by atoms with van der Waals surface area (Å²) in [6, 6.07) is 10.5. The number of fused-ring (bicyclic) bond motifs is 1. The van der Waals surface area contributed by atoms with Gasteiger partial charge in [-0.25, -0.2) is 12.8 Å². The molecule has 3 aliphatic rings. The third-order valence-corrected chi connectivity index (χ3v) is 8.80. The van der Waals surface area contributed by atoms with Gasteiger partial charge < -0.3 is 10.2 Å². The van der Waals surface area contributed by atoms with Gasteiger partial charge in [-0.15, -0.1) is 0 Å². The SMILES string of the molecule is C[C@@H]1Cc2cc(S(=O)(=O)N3CCC[C@H](C(=O)Nc4ccc(F)cc4)C3)ccc2N1C(=O)C1CC1. The molecule has 1 N–H and O–H groups in total. The summed E-state index contributed by atoms with van der Waals surface area (Å²) in [5.41, 5.74) is 2.15. The number of nitrogens with one attached hydrogen (secondary N) is 1. The van der Waals surface area contributed by atoms with Gasteiger partial charge in [0.2, 0.25) is 21.8 Å². The van der Waals surface area contributed by atoms with Crippen molar-refractivity contribution in [3.05, 3.63) is 53.8 Å². The molecule has 7 nitrogen and oxygen atoms in total. The molecule has 0 unspecified atom stereocenters. The second-order valence-corrected chi connectivity index (χ2v) is 11.5. The van der Waals surface area contributed by atoms with Crippen molar-refractivity contribution < 1.29 is 22.4 Å². The number of nitrogens with zero attached hydrogens (tertiary/aromatic N) is 2. The summed E-state index contributed by atoms with van der Waals surface area (Å²) in [4.78, 5) is 27.5. The van der Waals surface area contributed by atoms with Crippen LogP contribution in [-0.2, 0) is 26.0 Å². The van der Waals surface area contributed by atoms with Crippen molar-refractivity contribution >= 4 is 33.2 Å². The predicted molar refractivity (Wildman–Crippen MR) is 126 cm³/mol. The molecule has 180 valence electrons. The second-order valence-electron chi connectivity index (χ2n) is 9.52. The standard InChI is InChI=1S/C25H28FN3O4S/c1-16-13-19-14-22(10-11-23(19)29(16)25(31)17-4-5-17)34(32,33)28-12-2-3-18(15-28)24(30)27-21-8-6-20(26)7-9-21/h6-11,14,16-18H,2-5,12-13,15H2,1H3,(H,27,30)/t16-,18+/m1/s1. The highest BCUT2D eigenvalue weighted by Crippen LogP contribution is 2.40. The highest BCUT2D eigenvalue weighted by Gasteiger charge is 2.40. The van der Waals surface area contributed by atoms with E-state index in [1.165, 1.54) is 28.6 Å². The summed E-state index contributed by atoms with van der Waals surface area (Å²) >= 11 is 0. The first-order chi connectivity index (χ1) is 16.2. The number of hydrogen-bond donors (Lipinski definition) is 1. The van der Waals surface area contributed by atoms with Crippen LogP contribution < -0.4 is 10.2 Å². The number of piperidine rings is 1. The van der Waals surface area contributed by atoms with Gasteiger partial charge >= 0.3 is 0 Å². The van der Waals surface area contributed by atoms with E-state index in [-0.39, 0.29) is 35.2 Å². The van der Waals surface area contributed by atoms with Gasteiger partial charge in [-0.1, -0.05) is 0 Å². The van der Waals surface area contributed by atoms with Crippen molar-refractivity contribution in [1.29, 1.82) is 0 Å². The Balaban J connectivity index is 1.31. The van der Waals surface area contributed by atoms with Crippen molar-refractivity contribution in [2.24, 2.45) is 11.8 Å². The molecule has 0 spiro atoms. The summed E-state index contributed by atoms with van der Waals surface area (Å²) in [6.45, 7) is 2.43. The summed E-state index contributed by atoms with van der Waals surface area (Å²) < 4.78 is 41.4. The number of halogens is 1. The Morgan fingerprint density at radius 2 is 1.76 bits per heavy atom. The van der Waals surface area contributed by atoms with Crippen LogP contribution in [0.3, 0.4) is 0 Å².